The molecule has 0 saturated carbocycles. The van der Waals surface area contributed by atoms with Crippen molar-refractivity contribution >= 4 is 50.9 Å². The van der Waals surface area contributed by atoms with Crippen LogP contribution in [0.1, 0.15) is 27.6 Å². The van der Waals surface area contributed by atoms with Gasteiger partial charge in [0.15, 0.2) is 0 Å². The zero-order chi connectivity index (χ0) is 19.6. The number of benzene rings is 2. The van der Waals surface area contributed by atoms with Gasteiger partial charge in [-0.15, -0.1) is 0 Å². The molecule has 0 saturated heterocycles. The van der Waals surface area contributed by atoms with Crippen LogP contribution in [-0.4, -0.2) is 36.7 Å². The fraction of sp³-hybridized carbons (Fsp3) is 0.158. The number of halogens is 1. The fourth-order valence-corrected chi connectivity index (χ4v) is 3.04. The van der Waals surface area contributed by atoms with E-state index in [1.165, 1.54) is 12.1 Å². The van der Waals surface area contributed by atoms with Gasteiger partial charge in [0.1, 0.15) is 6.54 Å². The zero-order valence-electron chi connectivity index (χ0n) is 14.3. The van der Waals surface area contributed by atoms with Crippen molar-refractivity contribution in [3.8, 4) is 0 Å². The second-order valence-electron chi connectivity index (χ2n) is 5.73. The van der Waals surface area contributed by atoms with Crippen LogP contribution in [-0.2, 0) is 14.3 Å². The molecule has 3 rings (SSSR count). The van der Waals surface area contributed by atoms with Crippen LogP contribution < -0.4 is 10.2 Å². The Morgan fingerprint density at radius 2 is 1.81 bits per heavy atom. The number of hydrogen-bond donors (Lipinski definition) is 1. The third kappa shape index (κ3) is 3.90. The highest BCUT2D eigenvalue weighted by Crippen LogP contribution is 2.31. The second kappa shape index (κ2) is 7.71. The van der Waals surface area contributed by atoms with Crippen LogP contribution in [0.15, 0.2) is 46.9 Å². The number of hydrogen-bond acceptors (Lipinski definition) is 5. The van der Waals surface area contributed by atoms with E-state index < -0.39 is 23.6 Å². The Balaban J connectivity index is 1.69. The number of Topliss-reactive ketones (excluding diaryl/α,β-unsaturated/α-hetero) is 1. The average molecular weight is 431 g/mol. The third-order valence-corrected chi connectivity index (χ3v) is 4.41. The highest BCUT2D eigenvalue weighted by Gasteiger charge is 2.36. The maximum atomic E-state index is 12.3. The Morgan fingerprint density at radius 1 is 1.11 bits per heavy atom. The van der Waals surface area contributed by atoms with Gasteiger partial charge in [-0.25, -0.2) is 4.79 Å². The number of amides is 2. The van der Waals surface area contributed by atoms with E-state index in [9.17, 15) is 19.2 Å². The minimum absolute atomic E-state index is 0.265. The predicted octanol–water partition coefficient (Wildman–Crippen LogP) is 2.79. The summed E-state index contributed by atoms with van der Waals surface area (Å²) in [6, 6.07) is 11.1. The molecule has 7 nitrogen and oxygen atoms in total. The van der Waals surface area contributed by atoms with E-state index in [1.807, 2.05) is 0 Å². The van der Waals surface area contributed by atoms with Crippen LogP contribution in [0.2, 0.25) is 0 Å². The molecule has 2 aromatic carbocycles. The summed E-state index contributed by atoms with van der Waals surface area (Å²) in [7, 11) is 0. The first-order valence-corrected chi connectivity index (χ1v) is 8.92. The minimum Gasteiger partial charge on any atom is -0.462 e. The first kappa shape index (κ1) is 18.8. The van der Waals surface area contributed by atoms with Gasteiger partial charge in [-0.3, -0.25) is 19.3 Å². The van der Waals surface area contributed by atoms with E-state index in [1.54, 1.807) is 37.3 Å². The van der Waals surface area contributed by atoms with Gasteiger partial charge in [-0.1, -0.05) is 15.9 Å². The Kier molecular flexibility index (Phi) is 5.36. The summed E-state index contributed by atoms with van der Waals surface area (Å²) in [6.45, 7) is 1.70. The van der Waals surface area contributed by atoms with Crippen LogP contribution in [0, 0.1) is 0 Å². The minimum atomic E-state index is -0.740. The molecule has 0 aromatic heterocycles. The molecule has 0 spiro atoms. The van der Waals surface area contributed by atoms with Crippen molar-refractivity contribution in [2.45, 2.75) is 6.92 Å². The average Bonchev–Trinajstić information content (AvgIpc) is 2.87. The van der Waals surface area contributed by atoms with Crippen LogP contribution in [0.3, 0.4) is 0 Å². The van der Waals surface area contributed by atoms with Crippen LogP contribution >= 0.6 is 15.9 Å². The standard InChI is InChI=1S/C19H15BrN2O5/c1-2-27-19(26)11-3-6-13(7-4-11)21-16(23)10-22-15-8-5-12(20)9-14(15)17(24)18(22)25/h3-9H,2,10H2,1H3,(H,21,23). The summed E-state index contributed by atoms with van der Waals surface area (Å²) in [6.07, 6.45) is 0. The summed E-state index contributed by atoms with van der Waals surface area (Å²) >= 11 is 3.26. The van der Waals surface area contributed by atoms with Crippen molar-refractivity contribution in [2.75, 3.05) is 23.4 Å². The van der Waals surface area contributed by atoms with Crippen LogP contribution in [0.5, 0.6) is 0 Å². The Hall–Kier alpha value is -3.00. The van der Waals surface area contributed by atoms with Gasteiger partial charge in [0.2, 0.25) is 5.91 Å². The van der Waals surface area contributed by atoms with Crippen molar-refractivity contribution in [3.63, 3.8) is 0 Å². The van der Waals surface area contributed by atoms with Gasteiger partial charge in [0, 0.05) is 10.2 Å². The molecule has 2 aromatic rings. The number of anilines is 2. The van der Waals surface area contributed by atoms with Crippen molar-refractivity contribution < 1.29 is 23.9 Å². The maximum Gasteiger partial charge on any atom is 0.338 e. The fourth-order valence-electron chi connectivity index (χ4n) is 2.68. The largest absolute Gasteiger partial charge is 0.462 e. The maximum absolute atomic E-state index is 12.3. The molecule has 138 valence electrons. The molecule has 1 heterocycles. The van der Waals surface area contributed by atoms with E-state index in [-0.39, 0.29) is 18.7 Å². The zero-order valence-corrected chi connectivity index (χ0v) is 15.9. The summed E-state index contributed by atoms with van der Waals surface area (Å²) in [5.41, 5.74) is 1.50. The molecule has 8 heteroatoms. The first-order chi connectivity index (χ1) is 12.9. The number of fused-ring (bicyclic) bond motifs is 1. The van der Waals surface area contributed by atoms with Gasteiger partial charge >= 0.3 is 5.97 Å². The molecule has 0 unspecified atom stereocenters. The topological polar surface area (TPSA) is 92.8 Å². The number of carbonyl (C=O) groups is 4. The molecule has 2 amide bonds. The van der Waals surface area contributed by atoms with Gasteiger partial charge in [0.25, 0.3) is 11.7 Å². The highest BCUT2D eigenvalue weighted by molar-refractivity contribution is 9.10. The predicted molar refractivity (Wildman–Crippen MR) is 102 cm³/mol. The molecule has 0 radical (unpaired) electrons. The summed E-state index contributed by atoms with van der Waals surface area (Å²) < 4.78 is 5.57. The molecular formula is C19H15BrN2O5. The molecule has 1 aliphatic rings. The lowest BCUT2D eigenvalue weighted by atomic mass is 10.1. The second-order valence-corrected chi connectivity index (χ2v) is 6.64. The molecule has 0 aliphatic carbocycles. The number of ether oxygens (including phenoxy) is 1. The van der Waals surface area contributed by atoms with E-state index in [4.69, 9.17) is 4.74 Å². The number of nitrogens with one attached hydrogen (secondary N) is 1. The van der Waals surface area contributed by atoms with E-state index in [2.05, 4.69) is 21.2 Å². The highest BCUT2D eigenvalue weighted by atomic mass is 79.9. The molecule has 1 aliphatic heterocycles. The summed E-state index contributed by atoms with van der Waals surface area (Å²) in [4.78, 5) is 49.3. The number of esters is 1. The van der Waals surface area contributed by atoms with Crippen LogP contribution in [0.25, 0.3) is 0 Å². The van der Waals surface area contributed by atoms with E-state index in [0.29, 0.717) is 21.4 Å². The Bertz CT molecular complexity index is 940. The number of carbonyl (C=O) groups excluding carboxylic acids is 4. The van der Waals surface area contributed by atoms with Crippen molar-refractivity contribution in [1.29, 1.82) is 0 Å². The number of ketones is 1. The van der Waals surface area contributed by atoms with E-state index in [0.717, 1.165) is 4.90 Å². The van der Waals surface area contributed by atoms with Gasteiger partial charge in [-0.05, 0) is 49.4 Å². The molecular weight excluding hydrogens is 416 g/mol. The smallest absolute Gasteiger partial charge is 0.338 e. The normalized spacial score (nSPS) is 12.7. The third-order valence-electron chi connectivity index (χ3n) is 3.91. The lowest BCUT2D eigenvalue weighted by Crippen LogP contribution is -2.37. The number of rotatable bonds is 5. The van der Waals surface area contributed by atoms with Crippen molar-refractivity contribution in [2.24, 2.45) is 0 Å². The lowest BCUT2D eigenvalue weighted by molar-refractivity contribution is -0.118. The van der Waals surface area contributed by atoms with E-state index >= 15 is 0 Å². The van der Waals surface area contributed by atoms with Crippen molar-refractivity contribution in [3.05, 3.63) is 58.1 Å². The van der Waals surface area contributed by atoms with Crippen molar-refractivity contribution in [1.82, 2.24) is 0 Å². The molecule has 27 heavy (non-hydrogen) atoms. The molecule has 1 N–H and O–H groups in total. The molecule has 0 atom stereocenters. The van der Waals surface area contributed by atoms with Gasteiger partial charge in [0.05, 0.1) is 23.4 Å². The van der Waals surface area contributed by atoms with Gasteiger partial charge in [-0.2, -0.15) is 0 Å². The summed E-state index contributed by atoms with van der Waals surface area (Å²) in [5, 5.41) is 2.64. The van der Waals surface area contributed by atoms with Crippen LogP contribution in [0.4, 0.5) is 11.4 Å². The molecule has 0 fully saturated rings. The molecule has 0 bridgehead atoms. The Labute approximate surface area is 163 Å². The lowest BCUT2D eigenvalue weighted by Gasteiger charge is -2.16. The SMILES string of the molecule is CCOC(=O)c1ccc(NC(=O)CN2C(=O)C(=O)c3cc(Br)ccc32)cc1. The quantitative estimate of drug-likeness (QED) is 0.581. The van der Waals surface area contributed by atoms with Gasteiger partial charge < -0.3 is 10.1 Å². The Morgan fingerprint density at radius 3 is 2.48 bits per heavy atom. The monoisotopic (exact) mass is 430 g/mol. The number of nitrogens with zero attached hydrogens (tertiary/aromatic N) is 1. The summed E-state index contributed by atoms with van der Waals surface area (Å²) in [5.74, 6) is -2.29. The first-order valence-electron chi connectivity index (χ1n) is 8.13.